The molecule has 1 rings (SSSR count). The van der Waals surface area contributed by atoms with E-state index in [-0.39, 0.29) is 0 Å². The van der Waals surface area contributed by atoms with Crippen LogP contribution in [0.1, 0.15) is 38.5 Å². The van der Waals surface area contributed by atoms with Gasteiger partial charge in [0.15, 0.2) is 0 Å². The lowest BCUT2D eigenvalue weighted by molar-refractivity contribution is 0.860. The van der Waals surface area contributed by atoms with Gasteiger partial charge < -0.3 is 0 Å². The zero-order valence-corrected chi connectivity index (χ0v) is 8.86. The Kier molecular flexibility index (Phi) is 6.74. The molecule has 0 saturated carbocycles. The highest BCUT2D eigenvalue weighted by atomic mass is 13.9. The quantitative estimate of drug-likeness (QED) is 0.489. The van der Waals surface area contributed by atoms with Gasteiger partial charge in [-0.25, -0.2) is 0 Å². The largest absolute Gasteiger partial charge is 0.0885 e. The first-order valence-electron chi connectivity index (χ1n) is 5.62. The average Bonchev–Trinajstić information content (AvgIpc) is 2.22. The lowest BCUT2D eigenvalue weighted by Crippen LogP contribution is -1.71. The minimum Gasteiger partial charge on any atom is -0.0885 e. The van der Waals surface area contributed by atoms with Crippen molar-refractivity contribution in [3.8, 4) is 0 Å². The number of allylic oxidation sites excluding steroid dienone is 8. The van der Waals surface area contributed by atoms with Crippen LogP contribution in [0.2, 0.25) is 0 Å². The van der Waals surface area contributed by atoms with Gasteiger partial charge in [-0.15, -0.1) is 0 Å². The van der Waals surface area contributed by atoms with Gasteiger partial charge in [0.1, 0.15) is 0 Å². The fraction of sp³-hybridized carbons (Fsp3) is 0.429. The topological polar surface area (TPSA) is 0 Å². The van der Waals surface area contributed by atoms with Crippen LogP contribution in [0.25, 0.3) is 0 Å². The van der Waals surface area contributed by atoms with Crippen molar-refractivity contribution >= 4 is 0 Å². The highest BCUT2D eigenvalue weighted by molar-refractivity contribution is 5.05. The monoisotopic (exact) mass is 188 g/mol. The minimum absolute atomic E-state index is 1.07. The maximum atomic E-state index is 2.31. The third kappa shape index (κ3) is 6.47. The normalized spacial score (nSPS) is 28.6. The Labute approximate surface area is 87.7 Å². The molecule has 0 heterocycles. The molecule has 0 fully saturated rings. The highest BCUT2D eigenvalue weighted by Gasteiger charge is 1.82. The summed E-state index contributed by atoms with van der Waals surface area (Å²) >= 11 is 0. The molecule has 0 amide bonds. The van der Waals surface area contributed by atoms with Crippen LogP contribution in [0, 0.1) is 0 Å². The molecule has 0 atom stereocenters. The van der Waals surface area contributed by atoms with Crippen molar-refractivity contribution in [2.75, 3.05) is 0 Å². The molecule has 14 heavy (non-hydrogen) atoms. The van der Waals surface area contributed by atoms with Gasteiger partial charge in [-0.3, -0.25) is 0 Å². The molecule has 1 aliphatic carbocycles. The third-order valence-electron chi connectivity index (χ3n) is 2.23. The van der Waals surface area contributed by atoms with Gasteiger partial charge in [0.05, 0.1) is 0 Å². The molecule has 76 valence electrons. The molecule has 0 aliphatic heterocycles. The second-order valence-corrected chi connectivity index (χ2v) is 3.54. The van der Waals surface area contributed by atoms with E-state index >= 15 is 0 Å². The lowest BCUT2D eigenvalue weighted by Gasteiger charge is -1.91. The number of rotatable bonds is 0. The van der Waals surface area contributed by atoms with Crippen LogP contribution < -0.4 is 0 Å². The Hall–Kier alpha value is -1.04. The van der Waals surface area contributed by atoms with E-state index in [1.54, 1.807) is 0 Å². The SMILES string of the molecule is C1=C\CC/C=C/CCC/C=C/C/C=C/1. The van der Waals surface area contributed by atoms with E-state index in [4.69, 9.17) is 0 Å². The molecule has 0 unspecified atom stereocenters. The average molecular weight is 188 g/mol. The van der Waals surface area contributed by atoms with Crippen LogP contribution in [0.5, 0.6) is 0 Å². The van der Waals surface area contributed by atoms with Gasteiger partial charge in [-0.05, 0) is 38.5 Å². The summed E-state index contributed by atoms with van der Waals surface area (Å²) in [5.41, 5.74) is 0. The van der Waals surface area contributed by atoms with E-state index in [2.05, 4.69) is 48.6 Å². The molecule has 0 aromatic carbocycles. The first kappa shape index (κ1) is 11.0. The van der Waals surface area contributed by atoms with Crippen molar-refractivity contribution in [2.24, 2.45) is 0 Å². The van der Waals surface area contributed by atoms with Crippen LogP contribution >= 0.6 is 0 Å². The summed E-state index contributed by atoms with van der Waals surface area (Å²) in [6.45, 7) is 0. The minimum atomic E-state index is 1.07. The predicted molar refractivity (Wildman–Crippen MR) is 64.3 cm³/mol. The summed E-state index contributed by atoms with van der Waals surface area (Å²) in [4.78, 5) is 0. The van der Waals surface area contributed by atoms with E-state index in [0.29, 0.717) is 0 Å². The fourth-order valence-electron chi connectivity index (χ4n) is 1.41. The Bertz CT molecular complexity index is 228. The van der Waals surface area contributed by atoms with Gasteiger partial charge in [0.25, 0.3) is 0 Å². The second-order valence-electron chi connectivity index (χ2n) is 3.54. The Morgan fingerprint density at radius 1 is 0.500 bits per heavy atom. The summed E-state index contributed by atoms with van der Waals surface area (Å²) in [5.74, 6) is 0. The molecule has 0 radical (unpaired) electrons. The van der Waals surface area contributed by atoms with Crippen LogP contribution in [0.3, 0.4) is 0 Å². The van der Waals surface area contributed by atoms with E-state index in [1.807, 2.05) is 0 Å². The highest BCUT2D eigenvalue weighted by Crippen LogP contribution is 2.02. The van der Waals surface area contributed by atoms with E-state index in [0.717, 1.165) is 12.8 Å². The van der Waals surface area contributed by atoms with Crippen LogP contribution in [-0.2, 0) is 0 Å². The predicted octanol–water partition coefficient (Wildman–Crippen LogP) is 4.57. The first-order valence-corrected chi connectivity index (χ1v) is 5.62. The summed E-state index contributed by atoms with van der Waals surface area (Å²) in [6.07, 6.45) is 25.0. The Balaban J connectivity index is 2.35. The maximum Gasteiger partial charge on any atom is -0.0166 e. The molecular formula is C14H20. The molecule has 0 saturated heterocycles. The van der Waals surface area contributed by atoms with E-state index in [9.17, 15) is 0 Å². The van der Waals surface area contributed by atoms with Gasteiger partial charge in [0.2, 0.25) is 0 Å². The standard InChI is InChI=1S/C14H20/c1-2-4-6-8-10-12-14-13-11-9-7-5-3-1/h1-4,7,9-10,12H,5-6,8,11,13-14H2/b3-1+,4-2-,9-7+,12-10+. The zero-order valence-electron chi connectivity index (χ0n) is 8.86. The summed E-state index contributed by atoms with van der Waals surface area (Å²) in [6, 6.07) is 0. The molecule has 1 aliphatic rings. The number of hydrogen-bond acceptors (Lipinski definition) is 0. The first-order chi connectivity index (χ1) is 7.00. The van der Waals surface area contributed by atoms with Crippen molar-refractivity contribution in [1.29, 1.82) is 0 Å². The molecule has 0 bridgehead atoms. The molecule has 0 N–H and O–H groups in total. The second kappa shape index (κ2) is 8.55. The van der Waals surface area contributed by atoms with Gasteiger partial charge in [-0.1, -0.05) is 48.6 Å². The van der Waals surface area contributed by atoms with E-state index in [1.165, 1.54) is 25.7 Å². The summed E-state index contributed by atoms with van der Waals surface area (Å²) in [7, 11) is 0. The lowest BCUT2D eigenvalue weighted by atomic mass is 10.2. The Morgan fingerprint density at radius 3 is 2.07 bits per heavy atom. The van der Waals surface area contributed by atoms with Gasteiger partial charge in [0, 0.05) is 0 Å². The summed E-state index contributed by atoms with van der Waals surface area (Å²) in [5, 5.41) is 0. The van der Waals surface area contributed by atoms with Crippen molar-refractivity contribution < 1.29 is 0 Å². The van der Waals surface area contributed by atoms with Crippen molar-refractivity contribution in [2.45, 2.75) is 38.5 Å². The molecular weight excluding hydrogens is 168 g/mol. The van der Waals surface area contributed by atoms with Crippen molar-refractivity contribution in [1.82, 2.24) is 0 Å². The molecule has 0 heteroatoms. The molecule has 0 nitrogen and oxygen atoms in total. The molecule has 0 spiro atoms. The Morgan fingerprint density at radius 2 is 1.14 bits per heavy atom. The van der Waals surface area contributed by atoms with Gasteiger partial charge in [-0.2, -0.15) is 0 Å². The van der Waals surface area contributed by atoms with Crippen molar-refractivity contribution in [3.05, 3.63) is 48.6 Å². The van der Waals surface area contributed by atoms with Gasteiger partial charge >= 0.3 is 0 Å². The van der Waals surface area contributed by atoms with Crippen molar-refractivity contribution in [3.63, 3.8) is 0 Å². The molecule has 0 aromatic rings. The van der Waals surface area contributed by atoms with E-state index < -0.39 is 0 Å². The summed E-state index contributed by atoms with van der Waals surface area (Å²) < 4.78 is 0. The number of hydrogen-bond donors (Lipinski definition) is 0. The van der Waals surface area contributed by atoms with Crippen LogP contribution in [0.4, 0.5) is 0 Å². The zero-order chi connectivity index (χ0) is 9.90. The van der Waals surface area contributed by atoms with Crippen LogP contribution in [-0.4, -0.2) is 0 Å². The third-order valence-corrected chi connectivity index (χ3v) is 2.23. The fourth-order valence-corrected chi connectivity index (χ4v) is 1.41. The smallest absolute Gasteiger partial charge is 0.0166 e. The van der Waals surface area contributed by atoms with Crippen LogP contribution in [0.15, 0.2) is 48.6 Å². The maximum absolute atomic E-state index is 2.31. The molecule has 0 aromatic heterocycles.